The predicted molar refractivity (Wildman–Crippen MR) is 98.1 cm³/mol. The molecule has 134 valence electrons. The Kier molecular flexibility index (Phi) is 5.37. The highest BCUT2D eigenvalue weighted by Gasteiger charge is 2.13. The highest BCUT2D eigenvalue weighted by Crippen LogP contribution is 2.28. The topological polar surface area (TPSA) is 91.6 Å². The Morgan fingerprint density at radius 2 is 1.85 bits per heavy atom. The number of oxime groups is 1. The van der Waals surface area contributed by atoms with Crippen LogP contribution in [0.25, 0.3) is 10.6 Å². The lowest BCUT2D eigenvalue weighted by Gasteiger charge is -2.04. The molecule has 0 fully saturated rings. The van der Waals surface area contributed by atoms with Gasteiger partial charge in [-0.25, -0.2) is 4.98 Å². The summed E-state index contributed by atoms with van der Waals surface area (Å²) in [6, 6.07) is 5.43. The highest BCUT2D eigenvalue weighted by atomic mass is 32.1. The first-order valence-electron chi connectivity index (χ1n) is 7.67. The van der Waals surface area contributed by atoms with Crippen molar-refractivity contribution >= 4 is 17.0 Å². The van der Waals surface area contributed by atoms with Gasteiger partial charge in [-0.2, -0.15) is 9.97 Å². The summed E-state index contributed by atoms with van der Waals surface area (Å²) in [6.45, 7) is 3.76. The molecule has 0 bridgehead atoms. The van der Waals surface area contributed by atoms with Gasteiger partial charge in [-0.1, -0.05) is 5.16 Å². The molecule has 0 N–H and O–H groups in total. The molecule has 3 rings (SSSR count). The van der Waals surface area contributed by atoms with Gasteiger partial charge in [-0.15, -0.1) is 11.3 Å². The van der Waals surface area contributed by atoms with Crippen molar-refractivity contribution in [2.75, 3.05) is 14.2 Å². The molecule has 8 nitrogen and oxygen atoms in total. The first-order chi connectivity index (χ1) is 12.6. The number of thiazole rings is 1. The van der Waals surface area contributed by atoms with Crippen LogP contribution in [0, 0.1) is 6.92 Å². The molecule has 0 aliphatic heterocycles. The van der Waals surface area contributed by atoms with Gasteiger partial charge in [-0.3, -0.25) is 4.98 Å². The van der Waals surface area contributed by atoms with Crippen LogP contribution in [-0.2, 0) is 0 Å². The first-order valence-corrected chi connectivity index (χ1v) is 8.49. The molecule has 3 heterocycles. The Morgan fingerprint density at radius 3 is 2.46 bits per heavy atom. The molecule has 0 amide bonds. The average molecular weight is 371 g/mol. The monoisotopic (exact) mass is 371 g/mol. The maximum atomic E-state index is 5.35. The van der Waals surface area contributed by atoms with Crippen molar-refractivity contribution in [3.8, 4) is 28.3 Å². The fourth-order valence-corrected chi connectivity index (χ4v) is 3.12. The minimum atomic E-state index is 0.0372. The van der Waals surface area contributed by atoms with E-state index in [0.717, 1.165) is 21.1 Å². The van der Waals surface area contributed by atoms with E-state index < -0.39 is 0 Å². The number of aryl methyl sites for hydroxylation is 1. The molecular formula is C17H17N5O3S. The lowest BCUT2D eigenvalue weighted by atomic mass is 10.3. The summed E-state index contributed by atoms with van der Waals surface area (Å²) in [5.74, 6) is 0.653. The molecule has 9 heteroatoms. The Morgan fingerprint density at radius 1 is 1.12 bits per heavy atom. The SMILES string of the molecule is COc1cc(OC)nc(O/N=C(\C)c2sc(-c3cccnc3)nc2C)n1. The van der Waals surface area contributed by atoms with Crippen LogP contribution in [0.3, 0.4) is 0 Å². The fraction of sp³-hybridized carbons (Fsp3) is 0.235. The third-order valence-corrected chi connectivity index (χ3v) is 4.69. The second-order valence-corrected chi connectivity index (χ2v) is 6.18. The van der Waals surface area contributed by atoms with E-state index in [4.69, 9.17) is 14.3 Å². The normalized spacial score (nSPS) is 11.3. The van der Waals surface area contributed by atoms with Gasteiger partial charge in [0.2, 0.25) is 11.8 Å². The first kappa shape index (κ1) is 17.7. The zero-order valence-corrected chi connectivity index (χ0v) is 15.6. The van der Waals surface area contributed by atoms with Crippen LogP contribution in [0.1, 0.15) is 17.5 Å². The Bertz CT molecular complexity index is 905. The van der Waals surface area contributed by atoms with E-state index in [-0.39, 0.29) is 6.01 Å². The molecule has 0 aliphatic carbocycles. The van der Waals surface area contributed by atoms with Crippen molar-refractivity contribution in [2.24, 2.45) is 5.16 Å². The highest BCUT2D eigenvalue weighted by molar-refractivity contribution is 7.17. The summed E-state index contributed by atoms with van der Waals surface area (Å²) < 4.78 is 10.2. The molecule has 0 radical (unpaired) electrons. The summed E-state index contributed by atoms with van der Waals surface area (Å²) in [7, 11) is 3.00. The van der Waals surface area contributed by atoms with E-state index in [9.17, 15) is 0 Å². The summed E-state index contributed by atoms with van der Waals surface area (Å²) in [6.07, 6.45) is 3.51. The number of nitrogens with zero attached hydrogens (tertiary/aromatic N) is 5. The maximum absolute atomic E-state index is 5.35. The van der Waals surface area contributed by atoms with E-state index in [2.05, 4.69) is 25.1 Å². The second-order valence-electron chi connectivity index (χ2n) is 5.18. The molecule has 0 saturated carbocycles. The second kappa shape index (κ2) is 7.87. The number of hydrogen-bond donors (Lipinski definition) is 0. The zero-order valence-electron chi connectivity index (χ0n) is 14.8. The quantitative estimate of drug-likeness (QED) is 0.485. The number of pyridine rings is 1. The largest absolute Gasteiger partial charge is 0.481 e. The summed E-state index contributed by atoms with van der Waals surface area (Å²) >= 11 is 1.52. The molecule has 0 unspecified atom stereocenters. The van der Waals surface area contributed by atoms with Crippen LogP contribution in [0.4, 0.5) is 0 Å². The molecule has 3 aromatic heterocycles. The predicted octanol–water partition coefficient (Wildman–Crippen LogP) is 3.12. The van der Waals surface area contributed by atoms with Gasteiger partial charge >= 0.3 is 6.01 Å². The summed E-state index contributed by atoms with van der Waals surface area (Å²) in [5.41, 5.74) is 2.49. The molecule has 0 aliphatic rings. The Labute approximate surface area is 154 Å². The van der Waals surface area contributed by atoms with Gasteiger partial charge in [0.15, 0.2) is 0 Å². The van der Waals surface area contributed by atoms with Crippen molar-refractivity contribution < 1.29 is 14.3 Å². The van der Waals surface area contributed by atoms with Crippen molar-refractivity contribution in [1.82, 2.24) is 19.9 Å². The van der Waals surface area contributed by atoms with Crippen molar-refractivity contribution in [3.05, 3.63) is 41.2 Å². The van der Waals surface area contributed by atoms with Gasteiger partial charge in [0.25, 0.3) is 0 Å². The molecule has 0 saturated heterocycles. The fourth-order valence-electron chi connectivity index (χ4n) is 2.13. The smallest absolute Gasteiger partial charge is 0.352 e. The standard InChI is InChI=1S/C17H17N5O3S/c1-10-15(26-16(19-10)12-6-5-7-18-9-12)11(2)22-25-17-20-13(23-3)8-14(21-17)24-4/h5-9H,1-4H3/b22-11+. The van der Waals surface area contributed by atoms with Gasteiger partial charge in [-0.05, 0) is 26.0 Å². The van der Waals surface area contributed by atoms with Crippen LogP contribution in [0.15, 0.2) is 35.7 Å². The van der Waals surface area contributed by atoms with Gasteiger partial charge in [0.05, 0.1) is 36.6 Å². The van der Waals surface area contributed by atoms with Crippen LogP contribution in [-0.4, -0.2) is 39.9 Å². The Hall–Kier alpha value is -3.07. The maximum Gasteiger partial charge on any atom is 0.352 e. The molecule has 0 aromatic carbocycles. The molecule has 0 spiro atoms. The van der Waals surface area contributed by atoms with Gasteiger partial charge in [0.1, 0.15) is 5.01 Å². The van der Waals surface area contributed by atoms with E-state index in [1.807, 2.05) is 26.0 Å². The van der Waals surface area contributed by atoms with Gasteiger partial charge < -0.3 is 14.3 Å². The van der Waals surface area contributed by atoms with Crippen LogP contribution < -0.4 is 14.3 Å². The van der Waals surface area contributed by atoms with E-state index in [1.54, 1.807) is 18.5 Å². The van der Waals surface area contributed by atoms with E-state index in [1.165, 1.54) is 25.6 Å². The lowest BCUT2D eigenvalue weighted by Crippen LogP contribution is -2.01. The lowest BCUT2D eigenvalue weighted by molar-refractivity contribution is 0.290. The van der Waals surface area contributed by atoms with Crippen LogP contribution >= 0.6 is 11.3 Å². The summed E-state index contributed by atoms with van der Waals surface area (Å²) in [5, 5.41) is 4.99. The van der Waals surface area contributed by atoms with Crippen molar-refractivity contribution in [2.45, 2.75) is 13.8 Å². The molecule has 3 aromatic rings. The molecule has 0 atom stereocenters. The third kappa shape index (κ3) is 3.94. The minimum Gasteiger partial charge on any atom is -0.481 e. The number of methoxy groups -OCH3 is 2. The number of ether oxygens (including phenoxy) is 2. The Balaban J connectivity index is 1.83. The van der Waals surface area contributed by atoms with E-state index in [0.29, 0.717) is 17.5 Å². The molecule has 26 heavy (non-hydrogen) atoms. The number of hydrogen-bond acceptors (Lipinski definition) is 9. The number of rotatable bonds is 6. The van der Waals surface area contributed by atoms with Crippen molar-refractivity contribution in [1.29, 1.82) is 0 Å². The zero-order chi connectivity index (χ0) is 18.5. The van der Waals surface area contributed by atoms with Gasteiger partial charge in [0, 0.05) is 18.0 Å². The molecular weight excluding hydrogens is 354 g/mol. The third-order valence-electron chi connectivity index (χ3n) is 3.37. The van der Waals surface area contributed by atoms with E-state index >= 15 is 0 Å². The minimum absolute atomic E-state index is 0.0372. The van der Waals surface area contributed by atoms with Crippen molar-refractivity contribution in [3.63, 3.8) is 0 Å². The number of aromatic nitrogens is 4. The van der Waals surface area contributed by atoms with Crippen LogP contribution in [0.5, 0.6) is 17.8 Å². The average Bonchev–Trinajstić information content (AvgIpc) is 3.08. The van der Waals surface area contributed by atoms with Crippen LogP contribution in [0.2, 0.25) is 0 Å². The summed E-state index contributed by atoms with van der Waals surface area (Å²) in [4.78, 5) is 23.1.